The Morgan fingerprint density at radius 1 is 1.62 bits per heavy atom. The van der Waals surface area contributed by atoms with E-state index in [0.29, 0.717) is 0 Å². The normalized spacial score (nSPS) is 21.9. The van der Waals surface area contributed by atoms with E-state index in [4.69, 9.17) is 16.3 Å². The maximum atomic E-state index is 5.81. The Bertz CT molecular complexity index is 377. The lowest BCUT2D eigenvalue weighted by atomic mass is 10.3. The van der Waals surface area contributed by atoms with Gasteiger partial charge in [-0.05, 0) is 40.9 Å². The van der Waals surface area contributed by atoms with Crippen molar-refractivity contribution < 1.29 is 4.74 Å². The van der Waals surface area contributed by atoms with Crippen LogP contribution in [0.4, 0.5) is 5.82 Å². The third-order valence-corrected chi connectivity index (χ3v) is 3.19. The summed E-state index contributed by atoms with van der Waals surface area (Å²) < 4.78 is 6.46. The fraction of sp³-hybridized carbons (Fsp3) is 0.600. The van der Waals surface area contributed by atoms with Crippen molar-refractivity contribution in [2.45, 2.75) is 19.4 Å². The highest BCUT2D eigenvalue weighted by Gasteiger charge is 2.18. The van der Waals surface area contributed by atoms with Crippen molar-refractivity contribution in [1.29, 1.82) is 0 Å². The van der Waals surface area contributed by atoms with Crippen molar-refractivity contribution in [2.24, 2.45) is 0 Å². The molecule has 16 heavy (non-hydrogen) atoms. The Morgan fingerprint density at radius 3 is 3.25 bits per heavy atom. The monoisotopic (exact) mass is 305 g/mol. The zero-order valence-electron chi connectivity index (χ0n) is 8.99. The lowest BCUT2D eigenvalue weighted by molar-refractivity contribution is 0.0820. The van der Waals surface area contributed by atoms with E-state index in [0.717, 1.165) is 36.4 Å². The number of hydrogen-bond acceptors (Lipinski definition) is 4. The second kappa shape index (κ2) is 5.29. The smallest absolute Gasteiger partial charge is 0.224 e. The zero-order valence-corrected chi connectivity index (χ0v) is 11.3. The van der Waals surface area contributed by atoms with Crippen LogP contribution in [0, 0.1) is 0 Å². The van der Waals surface area contributed by atoms with Crippen LogP contribution in [0.3, 0.4) is 0 Å². The third kappa shape index (κ3) is 2.84. The minimum absolute atomic E-state index is 0.211. The summed E-state index contributed by atoms with van der Waals surface area (Å²) >= 11 is 9.26. The minimum Gasteiger partial charge on any atom is -0.377 e. The molecule has 1 saturated heterocycles. The van der Waals surface area contributed by atoms with Crippen LogP contribution < -0.4 is 4.90 Å². The predicted molar refractivity (Wildman–Crippen MR) is 67.0 cm³/mol. The topological polar surface area (TPSA) is 38.2 Å². The van der Waals surface area contributed by atoms with E-state index in [1.807, 2.05) is 0 Å². The molecule has 1 aliphatic heterocycles. The first-order valence-corrected chi connectivity index (χ1v) is 6.38. The van der Waals surface area contributed by atoms with E-state index in [1.54, 1.807) is 6.20 Å². The average Bonchev–Trinajstić information content (AvgIpc) is 2.46. The molecule has 1 aliphatic rings. The number of hydrogen-bond donors (Lipinski definition) is 0. The molecule has 1 aromatic heterocycles. The Kier molecular flexibility index (Phi) is 4.00. The Balaban J connectivity index is 2.24. The lowest BCUT2D eigenvalue weighted by Gasteiger charge is -2.23. The molecule has 0 amide bonds. The van der Waals surface area contributed by atoms with Gasteiger partial charge in [-0.1, -0.05) is 0 Å². The molecule has 1 fully saturated rings. The van der Waals surface area contributed by atoms with Crippen LogP contribution in [-0.2, 0) is 4.74 Å². The first kappa shape index (κ1) is 12.1. The number of aromatic nitrogens is 2. The van der Waals surface area contributed by atoms with Gasteiger partial charge in [0.1, 0.15) is 5.82 Å². The van der Waals surface area contributed by atoms with Crippen LogP contribution in [-0.4, -0.2) is 35.8 Å². The highest BCUT2D eigenvalue weighted by molar-refractivity contribution is 9.10. The first-order chi connectivity index (χ1) is 7.66. The number of rotatable bonds is 1. The van der Waals surface area contributed by atoms with Crippen molar-refractivity contribution in [3.8, 4) is 0 Å². The van der Waals surface area contributed by atoms with E-state index in [1.165, 1.54) is 0 Å². The van der Waals surface area contributed by atoms with Gasteiger partial charge in [0.25, 0.3) is 0 Å². The van der Waals surface area contributed by atoms with Crippen LogP contribution >= 0.6 is 27.5 Å². The van der Waals surface area contributed by atoms with Gasteiger partial charge in [-0.3, -0.25) is 0 Å². The van der Waals surface area contributed by atoms with E-state index >= 15 is 0 Å². The summed E-state index contributed by atoms with van der Waals surface area (Å²) in [5.74, 6) is 0.845. The SMILES string of the molecule is CC1CN(c2nc(Cl)ncc2Br)CCCO1. The third-order valence-electron chi connectivity index (χ3n) is 2.45. The first-order valence-electron chi connectivity index (χ1n) is 5.21. The van der Waals surface area contributed by atoms with Crippen LogP contribution in [0.2, 0.25) is 5.28 Å². The van der Waals surface area contributed by atoms with Gasteiger partial charge >= 0.3 is 0 Å². The average molecular weight is 307 g/mol. The Morgan fingerprint density at radius 2 is 2.44 bits per heavy atom. The second-order valence-corrected chi connectivity index (χ2v) is 4.98. The largest absolute Gasteiger partial charge is 0.377 e. The maximum Gasteiger partial charge on any atom is 0.224 e. The van der Waals surface area contributed by atoms with Crippen LogP contribution in [0.1, 0.15) is 13.3 Å². The number of anilines is 1. The van der Waals surface area contributed by atoms with Crippen molar-refractivity contribution >= 4 is 33.3 Å². The van der Waals surface area contributed by atoms with Crippen LogP contribution in [0.15, 0.2) is 10.7 Å². The van der Waals surface area contributed by atoms with Gasteiger partial charge in [0.15, 0.2) is 0 Å². The molecule has 0 radical (unpaired) electrons. The lowest BCUT2D eigenvalue weighted by Crippen LogP contribution is -2.31. The van der Waals surface area contributed by atoms with Gasteiger partial charge < -0.3 is 9.64 Å². The number of ether oxygens (including phenoxy) is 1. The van der Waals surface area contributed by atoms with Crippen LogP contribution in [0.25, 0.3) is 0 Å². The van der Waals surface area contributed by atoms with Crippen molar-refractivity contribution in [1.82, 2.24) is 9.97 Å². The van der Waals surface area contributed by atoms with Crippen LogP contribution in [0.5, 0.6) is 0 Å². The summed E-state index contributed by atoms with van der Waals surface area (Å²) in [6, 6.07) is 0. The maximum absolute atomic E-state index is 5.81. The quantitative estimate of drug-likeness (QED) is 0.747. The predicted octanol–water partition coefficient (Wildman–Crippen LogP) is 2.51. The molecule has 1 aromatic rings. The molecular formula is C10H13BrClN3O. The molecule has 0 saturated carbocycles. The molecule has 0 aliphatic carbocycles. The molecule has 6 heteroatoms. The zero-order chi connectivity index (χ0) is 11.5. The second-order valence-electron chi connectivity index (χ2n) is 3.79. The molecule has 88 valence electrons. The highest BCUT2D eigenvalue weighted by Crippen LogP contribution is 2.25. The van der Waals surface area contributed by atoms with E-state index in [2.05, 4.69) is 37.7 Å². The van der Waals surface area contributed by atoms with E-state index in [-0.39, 0.29) is 11.4 Å². The minimum atomic E-state index is 0.211. The van der Waals surface area contributed by atoms with E-state index < -0.39 is 0 Å². The fourth-order valence-electron chi connectivity index (χ4n) is 1.75. The molecule has 2 heterocycles. The molecule has 0 N–H and O–H groups in total. The highest BCUT2D eigenvalue weighted by atomic mass is 79.9. The molecule has 2 rings (SSSR count). The van der Waals surface area contributed by atoms with Gasteiger partial charge in [-0.2, -0.15) is 4.98 Å². The Labute approximate surface area is 108 Å². The molecule has 0 aromatic carbocycles. The molecule has 1 unspecified atom stereocenters. The van der Waals surface area contributed by atoms with Crippen molar-refractivity contribution in [3.05, 3.63) is 16.0 Å². The van der Waals surface area contributed by atoms with Gasteiger partial charge in [0.2, 0.25) is 5.28 Å². The van der Waals surface area contributed by atoms with E-state index in [9.17, 15) is 0 Å². The van der Waals surface area contributed by atoms with Gasteiger partial charge in [-0.15, -0.1) is 0 Å². The van der Waals surface area contributed by atoms with Gasteiger partial charge in [0.05, 0.1) is 10.6 Å². The summed E-state index contributed by atoms with van der Waals surface area (Å²) in [5, 5.41) is 0.274. The molecule has 4 nitrogen and oxygen atoms in total. The standard InChI is InChI=1S/C10H13BrClN3O/c1-7-6-15(3-2-4-16-7)9-8(11)5-13-10(12)14-9/h5,7H,2-4,6H2,1H3. The summed E-state index contributed by atoms with van der Waals surface area (Å²) in [4.78, 5) is 10.4. The molecular weight excluding hydrogens is 293 g/mol. The van der Waals surface area contributed by atoms with Gasteiger partial charge in [0, 0.05) is 25.9 Å². The molecule has 0 bridgehead atoms. The Hall–Kier alpha value is -0.390. The van der Waals surface area contributed by atoms with Gasteiger partial charge in [-0.25, -0.2) is 4.98 Å². The van der Waals surface area contributed by atoms with Crippen molar-refractivity contribution in [2.75, 3.05) is 24.6 Å². The molecule has 1 atom stereocenters. The summed E-state index contributed by atoms with van der Waals surface area (Å²) in [6.07, 6.45) is 2.89. The number of halogens is 2. The molecule has 0 spiro atoms. The summed E-state index contributed by atoms with van der Waals surface area (Å²) in [7, 11) is 0. The van der Waals surface area contributed by atoms with Crippen molar-refractivity contribution in [3.63, 3.8) is 0 Å². The summed E-state index contributed by atoms with van der Waals surface area (Å²) in [5.41, 5.74) is 0. The summed E-state index contributed by atoms with van der Waals surface area (Å²) in [6.45, 7) is 4.62. The fourth-order valence-corrected chi connectivity index (χ4v) is 2.32. The number of nitrogens with zero attached hydrogens (tertiary/aromatic N) is 3.